The molecule has 0 fully saturated rings. The van der Waals surface area contributed by atoms with Gasteiger partial charge < -0.3 is 19.5 Å². The first-order valence-electron chi connectivity index (χ1n) is 11.3. The van der Waals surface area contributed by atoms with E-state index in [9.17, 15) is 9.59 Å². The summed E-state index contributed by atoms with van der Waals surface area (Å²) < 4.78 is 10.9. The molecule has 178 valence electrons. The first-order valence-corrected chi connectivity index (χ1v) is 11.3. The van der Waals surface area contributed by atoms with Crippen molar-refractivity contribution >= 4 is 17.5 Å². The minimum absolute atomic E-state index is 0.224. The van der Waals surface area contributed by atoms with Gasteiger partial charge in [-0.2, -0.15) is 0 Å². The van der Waals surface area contributed by atoms with Crippen LogP contribution in [0.5, 0.6) is 0 Å². The number of aromatic nitrogens is 2. The standard InChI is InChI=1S/C28H22N4O4/c1-18-5-2-7-22(15-18)28-32-31-27(36-28)21-12-10-20(11-13-21)25(33)29-17-19-6-3-8-23(16-19)30-26(34)24-9-4-14-35-24/h2-16H,17H2,1H3,(H,29,33)(H,30,34). The first kappa shape index (κ1) is 22.8. The molecular formula is C28H22N4O4. The average molecular weight is 479 g/mol. The second kappa shape index (κ2) is 10.1. The summed E-state index contributed by atoms with van der Waals surface area (Å²) in [5.41, 5.74) is 4.63. The van der Waals surface area contributed by atoms with Crippen LogP contribution in [0.1, 0.15) is 32.0 Å². The number of rotatable bonds is 7. The van der Waals surface area contributed by atoms with Crippen molar-refractivity contribution in [3.05, 3.63) is 114 Å². The highest BCUT2D eigenvalue weighted by atomic mass is 16.4. The van der Waals surface area contributed by atoms with Crippen LogP contribution in [0, 0.1) is 6.92 Å². The van der Waals surface area contributed by atoms with Crippen molar-refractivity contribution in [2.75, 3.05) is 5.32 Å². The zero-order valence-corrected chi connectivity index (χ0v) is 19.4. The molecule has 0 saturated carbocycles. The lowest BCUT2D eigenvalue weighted by atomic mass is 10.1. The van der Waals surface area contributed by atoms with E-state index in [1.807, 2.05) is 43.3 Å². The van der Waals surface area contributed by atoms with Crippen LogP contribution in [-0.4, -0.2) is 22.0 Å². The fraction of sp³-hybridized carbons (Fsp3) is 0.0714. The van der Waals surface area contributed by atoms with E-state index in [0.29, 0.717) is 29.6 Å². The molecule has 36 heavy (non-hydrogen) atoms. The Bertz CT molecular complexity index is 1500. The number of hydrogen-bond acceptors (Lipinski definition) is 6. The van der Waals surface area contributed by atoms with E-state index >= 15 is 0 Å². The third-order valence-corrected chi connectivity index (χ3v) is 5.47. The van der Waals surface area contributed by atoms with Crippen molar-refractivity contribution in [3.63, 3.8) is 0 Å². The molecule has 5 aromatic rings. The van der Waals surface area contributed by atoms with Crippen LogP contribution < -0.4 is 10.6 Å². The molecule has 0 radical (unpaired) electrons. The maximum atomic E-state index is 12.7. The Hall–Kier alpha value is -4.98. The zero-order chi connectivity index (χ0) is 24.9. The van der Waals surface area contributed by atoms with Crippen LogP contribution in [0.4, 0.5) is 5.69 Å². The molecule has 0 aliphatic heterocycles. The van der Waals surface area contributed by atoms with Crippen molar-refractivity contribution in [2.45, 2.75) is 13.5 Å². The number of nitrogens with one attached hydrogen (secondary N) is 2. The monoisotopic (exact) mass is 478 g/mol. The van der Waals surface area contributed by atoms with Gasteiger partial charge in [-0.15, -0.1) is 10.2 Å². The van der Waals surface area contributed by atoms with Crippen molar-refractivity contribution < 1.29 is 18.4 Å². The number of furan rings is 1. The molecule has 2 heterocycles. The van der Waals surface area contributed by atoms with Gasteiger partial charge in [-0.1, -0.05) is 29.8 Å². The summed E-state index contributed by atoms with van der Waals surface area (Å²) in [6.07, 6.45) is 1.44. The summed E-state index contributed by atoms with van der Waals surface area (Å²) in [5.74, 6) is 0.486. The second-order valence-corrected chi connectivity index (χ2v) is 8.17. The predicted molar refractivity (Wildman–Crippen MR) is 134 cm³/mol. The van der Waals surface area contributed by atoms with Gasteiger partial charge >= 0.3 is 0 Å². The van der Waals surface area contributed by atoms with Gasteiger partial charge in [0.05, 0.1) is 6.26 Å². The number of amides is 2. The van der Waals surface area contributed by atoms with E-state index in [0.717, 1.165) is 22.3 Å². The lowest BCUT2D eigenvalue weighted by Gasteiger charge is -2.08. The molecule has 8 nitrogen and oxygen atoms in total. The summed E-state index contributed by atoms with van der Waals surface area (Å²) in [7, 11) is 0. The van der Waals surface area contributed by atoms with Gasteiger partial charge in [-0.3, -0.25) is 9.59 Å². The second-order valence-electron chi connectivity index (χ2n) is 8.17. The van der Waals surface area contributed by atoms with Gasteiger partial charge in [0.1, 0.15) is 0 Å². The van der Waals surface area contributed by atoms with Gasteiger partial charge in [-0.25, -0.2) is 0 Å². The van der Waals surface area contributed by atoms with Gasteiger partial charge in [0.2, 0.25) is 11.8 Å². The number of anilines is 1. The molecule has 0 atom stereocenters. The Kier molecular flexibility index (Phi) is 6.40. The van der Waals surface area contributed by atoms with E-state index in [4.69, 9.17) is 8.83 Å². The van der Waals surface area contributed by atoms with Crippen molar-refractivity contribution in [1.29, 1.82) is 0 Å². The molecule has 2 amide bonds. The molecule has 0 aliphatic rings. The van der Waals surface area contributed by atoms with Crippen LogP contribution in [0.25, 0.3) is 22.9 Å². The van der Waals surface area contributed by atoms with Gasteiger partial charge in [-0.05, 0) is 73.2 Å². The molecule has 2 aromatic heterocycles. The number of benzene rings is 3. The Morgan fingerprint density at radius 3 is 2.33 bits per heavy atom. The van der Waals surface area contributed by atoms with E-state index in [-0.39, 0.29) is 17.6 Å². The first-order chi connectivity index (χ1) is 17.5. The highest BCUT2D eigenvalue weighted by Gasteiger charge is 2.13. The van der Waals surface area contributed by atoms with E-state index in [2.05, 4.69) is 20.8 Å². The fourth-order valence-corrected chi connectivity index (χ4v) is 3.64. The van der Waals surface area contributed by atoms with Crippen molar-refractivity contribution in [1.82, 2.24) is 15.5 Å². The Labute approximate surface area is 207 Å². The molecule has 0 bridgehead atoms. The molecular weight excluding hydrogens is 456 g/mol. The predicted octanol–water partition coefficient (Wildman–Crippen LogP) is 5.49. The molecule has 2 N–H and O–H groups in total. The molecule has 5 rings (SSSR count). The summed E-state index contributed by atoms with van der Waals surface area (Å²) in [6, 6.07) is 25.3. The average Bonchev–Trinajstić information content (AvgIpc) is 3.61. The lowest BCUT2D eigenvalue weighted by Crippen LogP contribution is -2.22. The number of nitrogens with zero attached hydrogens (tertiary/aromatic N) is 2. The number of hydrogen-bond donors (Lipinski definition) is 2. The molecule has 0 unspecified atom stereocenters. The molecule has 8 heteroatoms. The number of aryl methyl sites for hydroxylation is 1. The van der Waals surface area contributed by atoms with Gasteiger partial charge in [0.15, 0.2) is 5.76 Å². The van der Waals surface area contributed by atoms with Gasteiger partial charge in [0, 0.05) is 28.9 Å². The largest absolute Gasteiger partial charge is 0.459 e. The highest BCUT2D eigenvalue weighted by molar-refractivity contribution is 6.02. The number of carbonyl (C=O) groups excluding carboxylic acids is 2. The van der Waals surface area contributed by atoms with Crippen molar-refractivity contribution in [3.8, 4) is 22.9 Å². The third kappa shape index (κ3) is 5.23. The minimum atomic E-state index is -0.339. The fourth-order valence-electron chi connectivity index (χ4n) is 3.64. The van der Waals surface area contributed by atoms with Crippen LogP contribution in [0.3, 0.4) is 0 Å². The van der Waals surface area contributed by atoms with Gasteiger partial charge in [0.25, 0.3) is 11.8 Å². The van der Waals surface area contributed by atoms with Crippen molar-refractivity contribution in [2.24, 2.45) is 0 Å². The number of carbonyl (C=O) groups is 2. The Morgan fingerprint density at radius 1 is 0.806 bits per heavy atom. The van der Waals surface area contributed by atoms with E-state index in [1.54, 1.807) is 48.5 Å². The Balaban J connectivity index is 1.20. The highest BCUT2D eigenvalue weighted by Crippen LogP contribution is 2.24. The maximum Gasteiger partial charge on any atom is 0.291 e. The van der Waals surface area contributed by atoms with E-state index in [1.165, 1.54) is 6.26 Å². The summed E-state index contributed by atoms with van der Waals surface area (Å²) in [4.78, 5) is 24.8. The molecule has 0 aliphatic carbocycles. The third-order valence-electron chi connectivity index (χ3n) is 5.47. The zero-order valence-electron chi connectivity index (χ0n) is 19.4. The Morgan fingerprint density at radius 2 is 1.58 bits per heavy atom. The summed E-state index contributed by atoms with van der Waals surface area (Å²) in [5, 5.41) is 13.9. The maximum absolute atomic E-state index is 12.7. The molecule has 0 spiro atoms. The molecule has 3 aromatic carbocycles. The van der Waals surface area contributed by atoms with Crippen LogP contribution in [0.2, 0.25) is 0 Å². The van der Waals surface area contributed by atoms with Crippen LogP contribution in [-0.2, 0) is 6.54 Å². The smallest absolute Gasteiger partial charge is 0.291 e. The van der Waals surface area contributed by atoms with E-state index < -0.39 is 0 Å². The van der Waals surface area contributed by atoms with Crippen LogP contribution >= 0.6 is 0 Å². The molecule has 0 saturated heterocycles. The SMILES string of the molecule is Cc1cccc(-c2nnc(-c3ccc(C(=O)NCc4cccc(NC(=O)c5ccco5)c4)cc3)o2)c1. The quantitative estimate of drug-likeness (QED) is 0.320. The summed E-state index contributed by atoms with van der Waals surface area (Å²) in [6.45, 7) is 2.30. The summed E-state index contributed by atoms with van der Waals surface area (Å²) >= 11 is 0. The normalized spacial score (nSPS) is 10.7. The lowest BCUT2D eigenvalue weighted by molar-refractivity contribution is 0.0949. The van der Waals surface area contributed by atoms with Crippen LogP contribution in [0.15, 0.2) is 100 Å². The minimum Gasteiger partial charge on any atom is -0.459 e. The topological polar surface area (TPSA) is 110 Å².